The summed E-state index contributed by atoms with van der Waals surface area (Å²) in [6.07, 6.45) is -1.03. The highest BCUT2D eigenvalue weighted by Gasteiger charge is 2.34. The molecule has 9 heteroatoms. The molecular weight excluding hydrogens is 528 g/mol. The molecule has 2 amide bonds. The van der Waals surface area contributed by atoms with Gasteiger partial charge < -0.3 is 29.2 Å². The quantitative estimate of drug-likeness (QED) is 0.248. The predicted molar refractivity (Wildman–Crippen MR) is 159 cm³/mol. The number of thiophene rings is 1. The van der Waals surface area contributed by atoms with E-state index < -0.39 is 24.5 Å². The van der Waals surface area contributed by atoms with Gasteiger partial charge in [0.05, 0.1) is 13.2 Å². The number of rotatable bonds is 13. The minimum Gasteiger partial charge on any atom is -0.488 e. The molecule has 3 aromatic rings. The fourth-order valence-electron chi connectivity index (χ4n) is 4.45. The van der Waals surface area contributed by atoms with Gasteiger partial charge in [0.15, 0.2) is 6.29 Å². The second kappa shape index (κ2) is 14.5. The summed E-state index contributed by atoms with van der Waals surface area (Å²) in [7, 11) is 1.29. The molecule has 2 atom stereocenters. The van der Waals surface area contributed by atoms with Crippen LogP contribution in [0.2, 0.25) is 0 Å². The van der Waals surface area contributed by atoms with Crippen LogP contribution < -0.4 is 10.1 Å². The number of benzene rings is 2. The van der Waals surface area contributed by atoms with Crippen LogP contribution in [0.1, 0.15) is 52.7 Å². The van der Waals surface area contributed by atoms with Crippen molar-refractivity contribution < 1.29 is 28.5 Å². The van der Waals surface area contributed by atoms with E-state index >= 15 is 0 Å². The van der Waals surface area contributed by atoms with E-state index in [9.17, 15) is 9.59 Å². The van der Waals surface area contributed by atoms with E-state index in [1.54, 1.807) is 16.2 Å². The Morgan fingerprint density at radius 1 is 1.00 bits per heavy atom. The van der Waals surface area contributed by atoms with Gasteiger partial charge in [-0.2, -0.15) is 0 Å². The number of hydrogen-bond donors (Lipinski definition) is 1. The van der Waals surface area contributed by atoms with Crippen molar-refractivity contribution in [1.29, 1.82) is 0 Å². The maximum Gasteiger partial charge on any atom is 0.407 e. The first-order valence-electron chi connectivity index (χ1n) is 13.7. The van der Waals surface area contributed by atoms with Crippen molar-refractivity contribution in [3.63, 3.8) is 0 Å². The third-order valence-electron chi connectivity index (χ3n) is 6.30. The standard InChI is InChI=1S/C31H42N2O6S/c1-8-37-29(38-9-2)21(3)33(19-23-20-40-27-13-11-10-12-25(23)27)28(34)26(32-30(35)36-7)18-22-14-16-24(17-15-22)39-31(4,5)6/h10-17,20-21,26,29H,8-9,18-19H2,1-7H3,(H,32,35)/t21-,26-/m0/s1. The minimum absolute atomic E-state index is 0.257. The van der Waals surface area contributed by atoms with Crippen molar-refractivity contribution in [2.45, 2.75) is 78.5 Å². The maximum absolute atomic E-state index is 14.3. The fraction of sp³-hybridized carbons (Fsp3) is 0.484. The molecule has 0 saturated carbocycles. The third-order valence-corrected chi connectivity index (χ3v) is 7.31. The van der Waals surface area contributed by atoms with E-state index in [-0.39, 0.29) is 17.9 Å². The van der Waals surface area contributed by atoms with Gasteiger partial charge in [-0.05, 0) is 81.6 Å². The second-order valence-corrected chi connectivity index (χ2v) is 11.4. The molecule has 1 heterocycles. The van der Waals surface area contributed by atoms with Gasteiger partial charge >= 0.3 is 6.09 Å². The molecule has 0 aliphatic heterocycles. The molecule has 1 N–H and O–H groups in total. The van der Waals surface area contributed by atoms with E-state index in [1.807, 2.05) is 77.9 Å². The Kier molecular flexibility index (Phi) is 11.4. The number of hydrogen-bond acceptors (Lipinski definition) is 7. The lowest BCUT2D eigenvalue weighted by atomic mass is 10.0. The van der Waals surface area contributed by atoms with Crippen LogP contribution in [0, 0.1) is 0 Å². The summed E-state index contributed by atoms with van der Waals surface area (Å²) >= 11 is 1.64. The molecule has 0 aliphatic carbocycles. The number of nitrogens with one attached hydrogen (secondary N) is 1. The van der Waals surface area contributed by atoms with Gasteiger partial charge in [0, 0.05) is 30.9 Å². The van der Waals surface area contributed by atoms with Crippen LogP contribution in [0.3, 0.4) is 0 Å². The molecule has 0 aliphatic rings. The Bertz CT molecular complexity index is 1230. The van der Waals surface area contributed by atoms with Gasteiger partial charge in [-0.1, -0.05) is 30.3 Å². The third kappa shape index (κ3) is 8.68. The van der Waals surface area contributed by atoms with Gasteiger partial charge in [0.1, 0.15) is 17.4 Å². The van der Waals surface area contributed by atoms with E-state index in [1.165, 1.54) is 7.11 Å². The van der Waals surface area contributed by atoms with Crippen molar-refractivity contribution >= 4 is 33.4 Å². The summed E-state index contributed by atoms with van der Waals surface area (Å²) in [6.45, 7) is 12.9. The molecule has 0 bridgehead atoms. The van der Waals surface area contributed by atoms with E-state index in [4.69, 9.17) is 18.9 Å². The van der Waals surface area contributed by atoms with Crippen LogP contribution in [-0.2, 0) is 32.0 Å². The first kappa shape index (κ1) is 31.4. The van der Waals surface area contributed by atoms with E-state index in [0.29, 0.717) is 19.8 Å². The zero-order chi connectivity index (χ0) is 29.3. The smallest absolute Gasteiger partial charge is 0.407 e. The lowest BCUT2D eigenvalue weighted by Crippen LogP contribution is -2.55. The summed E-state index contributed by atoms with van der Waals surface area (Å²) < 4.78 is 23.8. The normalized spacial score (nSPS) is 13.2. The first-order chi connectivity index (χ1) is 19.1. The Labute approximate surface area is 241 Å². The van der Waals surface area contributed by atoms with E-state index in [0.717, 1.165) is 27.0 Å². The highest BCUT2D eigenvalue weighted by atomic mass is 32.1. The van der Waals surface area contributed by atoms with Crippen molar-refractivity contribution in [3.05, 3.63) is 65.0 Å². The number of fused-ring (bicyclic) bond motifs is 1. The average molecular weight is 571 g/mol. The molecule has 0 saturated heterocycles. The molecule has 0 fully saturated rings. The van der Waals surface area contributed by atoms with Crippen molar-refractivity contribution in [1.82, 2.24) is 10.2 Å². The Morgan fingerprint density at radius 3 is 2.25 bits per heavy atom. The topological polar surface area (TPSA) is 86.3 Å². The highest BCUT2D eigenvalue weighted by molar-refractivity contribution is 7.17. The fourth-order valence-corrected chi connectivity index (χ4v) is 5.40. The summed E-state index contributed by atoms with van der Waals surface area (Å²) in [5.41, 5.74) is 1.57. The molecule has 3 rings (SSSR count). The molecule has 0 unspecified atom stereocenters. The summed E-state index contributed by atoms with van der Waals surface area (Å²) in [4.78, 5) is 28.4. The second-order valence-electron chi connectivity index (χ2n) is 10.5. The van der Waals surface area contributed by atoms with Gasteiger partial charge in [-0.15, -0.1) is 11.3 Å². The molecule has 8 nitrogen and oxygen atoms in total. The molecular formula is C31H42N2O6S. The van der Waals surface area contributed by atoms with Gasteiger partial charge in [-0.3, -0.25) is 4.79 Å². The van der Waals surface area contributed by atoms with Crippen molar-refractivity contribution in [2.75, 3.05) is 20.3 Å². The van der Waals surface area contributed by atoms with Crippen LogP contribution in [-0.4, -0.2) is 61.2 Å². The molecule has 1 aromatic heterocycles. The lowest BCUT2D eigenvalue weighted by Gasteiger charge is -2.36. The molecule has 40 heavy (non-hydrogen) atoms. The first-order valence-corrected chi connectivity index (χ1v) is 14.6. The molecule has 218 valence electrons. The van der Waals surface area contributed by atoms with Crippen molar-refractivity contribution in [2.24, 2.45) is 0 Å². The molecule has 0 spiro atoms. The number of amides is 2. The lowest BCUT2D eigenvalue weighted by molar-refractivity contribution is -0.179. The highest BCUT2D eigenvalue weighted by Crippen LogP contribution is 2.28. The molecule has 2 aromatic carbocycles. The average Bonchev–Trinajstić information content (AvgIpc) is 3.33. The van der Waals surface area contributed by atoms with Crippen LogP contribution in [0.15, 0.2) is 53.9 Å². The SMILES string of the molecule is CCOC(OCC)[C@H](C)N(Cc1csc2ccccc12)C(=O)[C@H](Cc1ccc(OC(C)(C)C)cc1)NC(=O)OC. The van der Waals surface area contributed by atoms with Gasteiger partial charge in [0.25, 0.3) is 0 Å². The van der Waals surface area contributed by atoms with Crippen LogP contribution in [0.25, 0.3) is 10.1 Å². The Morgan fingerprint density at radius 2 is 1.65 bits per heavy atom. The monoisotopic (exact) mass is 570 g/mol. The minimum atomic E-state index is -0.877. The Balaban J connectivity index is 1.95. The summed E-state index contributed by atoms with van der Waals surface area (Å²) in [6, 6.07) is 14.4. The van der Waals surface area contributed by atoms with E-state index in [2.05, 4.69) is 22.8 Å². The largest absolute Gasteiger partial charge is 0.488 e. The Hall–Kier alpha value is -3.14. The number of carbonyl (C=O) groups is 2. The van der Waals surface area contributed by atoms with Crippen molar-refractivity contribution in [3.8, 4) is 5.75 Å². The zero-order valence-electron chi connectivity index (χ0n) is 24.6. The predicted octanol–water partition coefficient (Wildman–Crippen LogP) is 6.16. The summed E-state index contributed by atoms with van der Waals surface area (Å²) in [5.74, 6) is 0.475. The van der Waals surface area contributed by atoms with Crippen LogP contribution in [0.5, 0.6) is 5.75 Å². The number of methoxy groups -OCH3 is 1. The number of ether oxygens (including phenoxy) is 4. The van der Waals surface area contributed by atoms with Crippen LogP contribution in [0.4, 0.5) is 4.79 Å². The zero-order valence-corrected chi connectivity index (χ0v) is 25.4. The number of alkyl carbamates (subject to hydrolysis) is 1. The van der Waals surface area contributed by atoms with Gasteiger partial charge in [0.2, 0.25) is 5.91 Å². The molecule has 0 radical (unpaired) electrons. The number of carbonyl (C=O) groups excluding carboxylic acids is 2. The summed E-state index contributed by atoms with van der Waals surface area (Å²) in [5, 5.41) is 5.93. The maximum atomic E-state index is 14.3. The number of nitrogens with zero attached hydrogens (tertiary/aromatic N) is 1. The van der Waals surface area contributed by atoms with Gasteiger partial charge in [-0.25, -0.2) is 4.79 Å². The van der Waals surface area contributed by atoms with Crippen LogP contribution >= 0.6 is 11.3 Å².